The van der Waals surface area contributed by atoms with Gasteiger partial charge in [0, 0.05) is 38.6 Å². The first-order valence-corrected chi connectivity index (χ1v) is 9.74. The van der Waals surface area contributed by atoms with E-state index in [0.29, 0.717) is 25.4 Å². The number of para-hydroxylation sites is 1. The molecule has 7 heteroatoms. The molecular formula is C19H27ClN4O2. The number of hydrogen-bond acceptors (Lipinski definition) is 3. The Morgan fingerprint density at radius 1 is 1.15 bits per heavy atom. The van der Waals surface area contributed by atoms with Crippen LogP contribution in [0.15, 0.2) is 24.3 Å². The van der Waals surface area contributed by atoms with E-state index in [1.54, 1.807) is 0 Å². The van der Waals surface area contributed by atoms with Crippen molar-refractivity contribution in [1.29, 1.82) is 0 Å². The summed E-state index contributed by atoms with van der Waals surface area (Å²) in [5.41, 5.74) is 6.30. The number of hydrogen-bond donors (Lipinski definition) is 2. The van der Waals surface area contributed by atoms with Crippen molar-refractivity contribution in [3.05, 3.63) is 29.3 Å². The molecule has 142 valence electrons. The summed E-state index contributed by atoms with van der Waals surface area (Å²) >= 11 is 6.31. The first-order valence-electron chi connectivity index (χ1n) is 9.36. The van der Waals surface area contributed by atoms with Gasteiger partial charge in [-0.3, -0.25) is 4.79 Å². The zero-order valence-corrected chi connectivity index (χ0v) is 15.8. The third-order valence-corrected chi connectivity index (χ3v) is 5.65. The molecule has 2 aliphatic rings. The van der Waals surface area contributed by atoms with Crippen LogP contribution in [0.2, 0.25) is 5.02 Å². The summed E-state index contributed by atoms with van der Waals surface area (Å²) in [5.74, 6) is 0.0525. The molecule has 0 aromatic heterocycles. The first kappa shape index (κ1) is 18.8. The number of benzene rings is 1. The molecule has 2 saturated heterocycles. The molecule has 1 aromatic rings. The van der Waals surface area contributed by atoms with E-state index < -0.39 is 0 Å². The number of nitrogens with zero attached hydrogens (tertiary/aromatic N) is 2. The number of carbonyl (C=O) groups excluding carboxylic acids is 2. The Balaban J connectivity index is 1.50. The molecule has 0 saturated carbocycles. The Kier molecular flexibility index (Phi) is 6.25. The number of nitrogens with one attached hydrogen (secondary N) is 1. The van der Waals surface area contributed by atoms with Crippen LogP contribution in [-0.4, -0.2) is 49.1 Å². The monoisotopic (exact) mass is 378 g/mol. The molecule has 2 fully saturated rings. The summed E-state index contributed by atoms with van der Waals surface area (Å²) < 4.78 is 0. The van der Waals surface area contributed by atoms with E-state index in [0.717, 1.165) is 49.5 Å². The number of piperidine rings is 2. The van der Waals surface area contributed by atoms with Gasteiger partial charge in [-0.15, -0.1) is 0 Å². The fraction of sp³-hybridized carbons (Fsp3) is 0.579. The van der Waals surface area contributed by atoms with Gasteiger partial charge in [0.15, 0.2) is 0 Å². The maximum atomic E-state index is 12.6. The van der Waals surface area contributed by atoms with E-state index in [4.69, 9.17) is 17.3 Å². The predicted octanol–water partition coefficient (Wildman–Crippen LogP) is 2.61. The molecular weight excluding hydrogens is 352 g/mol. The summed E-state index contributed by atoms with van der Waals surface area (Å²) in [6, 6.07) is 7.95. The molecule has 0 radical (unpaired) electrons. The van der Waals surface area contributed by atoms with Gasteiger partial charge in [-0.05, 0) is 43.7 Å². The van der Waals surface area contributed by atoms with E-state index in [9.17, 15) is 9.59 Å². The lowest BCUT2D eigenvalue weighted by atomic mass is 9.93. The van der Waals surface area contributed by atoms with Gasteiger partial charge in [-0.1, -0.05) is 23.7 Å². The number of carbonyl (C=O) groups is 2. The van der Waals surface area contributed by atoms with Crippen molar-refractivity contribution in [3.8, 4) is 0 Å². The number of rotatable bonds is 4. The van der Waals surface area contributed by atoms with Crippen molar-refractivity contribution in [2.24, 2.45) is 11.7 Å². The van der Waals surface area contributed by atoms with Crippen molar-refractivity contribution in [1.82, 2.24) is 10.2 Å². The quantitative estimate of drug-likeness (QED) is 0.845. The van der Waals surface area contributed by atoms with Gasteiger partial charge in [0.25, 0.3) is 0 Å². The second-order valence-electron chi connectivity index (χ2n) is 7.29. The number of primary amides is 1. The van der Waals surface area contributed by atoms with Crippen LogP contribution in [0.5, 0.6) is 0 Å². The van der Waals surface area contributed by atoms with E-state index in [2.05, 4.69) is 10.2 Å². The van der Waals surface area contributed by atoms with Crippen LogP contribution in [0.4, 0.5) is 10.5 Å². The lowest BCUT2D eigenvalue weighted by Gasteiger charge is -2.37. The van der Waals surface area contributed by atoms with Gasteiger partial charge < -0.3 is 20.9 Å². The van der Waals surface area contributed by atoms with E-state index in [1.807, 2.05) is 29.2 Å². The lowest BCUT2D eigenvalue weighted by Crippen LogP contribution is -2.53. The van der Waals surface area contributed by atoms with Crippen LogP contribution < -0.4 is 16.0 Å². The normalized spacial score (nSPS) is 21.5. The van der Waals surface area contributed by atoms with Crippen molar-refractivity contribution >= 4 is 29.2 Å². The predicted molar refractivity (Wildman–Crippen MR) is 103 cm³/mol. The Bertz CT molecular complexity index is 646. The molecule has 2 aliphatic heterocycles. The minimum absolute atomic E-state index is 0.00599. The zero-order valence-electron chi connectivity index (χ0n) is 15.0. The Morgan fingerprint density at radius 2 is 1.88 bits per heavy atom. The molecule has 2 heterocycles. The minimum Gasteiger partial charge on any atom is -0.370 e. The number of likely N-dealkylation sites (tertiary alicyclic amines) is 1. The summed E-state index contributed by atoms with van der Waals surface area (Å²) in [7, 11) is 0. The third kappa shape index (κ3) is 4.81. The largest absolute Gasteiger partial charge is 0.370 e. The van der Waals surface area contributed by atoms with Gasteiger partial charge in [0.05, 0.1) is 10.7 Å². The van der Waals surface area contributed by atoms with Crippen LogP contribution in [-0.2, 0) is 4.79 Å². The highest BCUT2D eigenvalue weighted by molar-refractivity contribution is 6.33. The van der Waals surface area contributed by atoms with Gasteiger partial charge in [0.1, 0.15) is 0 Å². The maximum absolute atomic E-state index is 12.6. The first-order chi connectivity index (χ1) is 12.5. The topological polar surface area (TPSA) is 78.7 Å². The smallest absolute Gasteiger partial charge is 0.317 e. The Hall–Kier alpha value is -1.95. The van der Waals surface area contributed by atoms with Crippen LogP contribution >= 0.6 is 11.6 Å². The molecule has 3 rings (SSSR count). The fourth-order valence-electron chi connectivity index (χ4n) is 3.91. The zero-order chi connectivity index (χ0) is 18.5. The number of amides is 3. The minimum atomic E-state index is -0.255. The van der Waals surface area contributed by atoms with Crippen molar-refractivity contribution < 1.29 is 9.59 Å². The Labute approximate surface area is 159 Å². The van der Waals surface area contributed by atoms with Gasteiger partial charge in [0.2, 0.25) is 5.91 Å². The summed E-state index contributed by atoms with van der Waals surface area (Å²) in [6.45, 7) is 3.09. The highest BCUT2D eigenvalue weighted by atomic mass is 35.5. The number of halogens is 1. The van der Waals surface area contributed by atoms with E-state index in [-0.39, 0.29) is 18.0 Å². The van der Waals surface area contributed by atoms with Gasteiger partial charge in [-0.2, -0.15) is 0 Å². The molecule has 3 N–H and O–H groups in total. The fourth-order valence-corrected chi connectivity index (χ4v) is 4.17. The molecule has 0 aliphatic carbocycles. The lowest BCUT2D eigenvalue weighted by molar-refractivity contribution is -0.119. The summed E-state index contributed by atoms with van der Waals surface area (Å²) in [4.78, 5) is 27.7. The standard InChI is InChI=1S/C19H27ClN4O2/c20-16-5-1-2-6-17(16)24-9-3-4-15(13-24)22-19(26)23-10-7-14(8-11-23)12-18(21)25/h1-2,5-6,14-15H,3-4,7-13H2,(H2,21,25)(H,22,26). The molecule has 3 amide bonds. The van der Waals surface area contributed by atoms with E-state index >= 15 is 0 Å². The molecule has 6 nitrogen and oxygen atoms in total. The summed E-state index contributed by atoms with van der Waals surface area (Å²) in [5, 5.41) is 3.92. The van der Waals surface area contributed by atoms with Crippen LogP contribution in [0.1, 0.15) is 32.1 Å². The SMILES string of the molecule is NC(=O)CC1CCN(C(=O)NC2CCCN(c3ccccc3Cl)C2)CC1. The van der Waals surface area contributed by atoms with Crippen LogP contribution in [0.25, 0.3) is 0 Å². The molecule has 0 bridgehead atoms. The Morgan fingerprint density at radius 3 is 2.58 bits per heavy atom. The van der Waals surface area contributed by atoms with Gasteiger partial charge >= 0.3 is 6.03 Å². The summed E-state index contributed by atoms with van der Waals surface area (Å²) in [6.07, 6.45) is 4.10. The number of anilines is 1. The second kappa shape index (κ2) is 8.62. The third-order valence-electron chi connectivity index (χ3n) is 5.33. The second-order valence-corrected chi connectivity index (χ2v) is 7.69. The average molecular weight is 379 g/mol. The van der Waals surface area contributed by atoms with E-state index in [1.165, 1.54) is 0 Å². The molecule has 0 spiro atoms. The molecule has 26 heavy (non-hydrogen) atoms. The average Bonchev–Trinajstić information content (AvgIpc) is 2.62. The van der Waals surface area contributed by atoms with Crippen molar-refractivity contribution in [2.75, 3.05) is 31.1 Å². The van der Waals surface area contributed by atoms with Crippen LogP contribution in [0, 0.1) is 5.92 Å². The molecule has 1 aromatic carbocycles. The molecule has 1 unspecified atom stereocenters. The molecule has 1 atom stereocenters. The van der Waals surface area contributed by atoms with Crippen molar-refractivity contribution in [3.63, 3.8) is 0 Å². The highest BCUT2D eigenvalue weighted by Gasteiger charge is 2.27. The number of urea groups is 1. The maximum Gasteiger partial charge on any atom is 0.317 e. The number of nitrogens with two attached hydrogens (primary N) is 1. The van der Waals surface area contributed by atoms with Crippen LogP contribution in [0.3, 0.4) is 0 Å². The van der Waals surface area contributed by atoms with Gasteiger partial charge in [-0.25, -0.2) is 4.79 Å². The highest BCUT2D eigenvalue weighted by Crippen LogP contribution is 2.28. The van der Waals surface area contributed by atoms with Crippen molar-refractivity contribution in [2.45, 2.75) is 38.1 Å².